The molecule has 2 heterocycles. The SMILES string of the molecule is CCCNCCCc1nnc(-c2snnc2C)s1. The Morgan fingerprint density at radius 3 is 2.78 bits per heavy atom. The first-order valence-electron chi connectivity index (χ1n) is 6.13. The normalized spacial score (nSPS) is 11.0. The van der Waals surface area contributed by atoms with Gasteiger partial charge in [0.2, 0.25) is 0 Å². The number of aromatic nitrogens is 4. The van der Waals surface area contributed by atoms with Crippen molar-refractivity contribution in [3.8, 4) is 9.88 Å². The second-order valence-corrected chi connectivity index (χ2v) is 5.86. The minimum absolute atomic E-state index is 0.937. The summed E-state index contributed by atoms with van der Waals surface area (Å²) in [5.41, 5.74) is 0.937. The van der Waals surface area contributed by atoms with E-state index in [9.17, 15) is 0 Å². The van der Waals surface area contributed by atoms with Gasteiger partial charge in [0.1, 0.15) is 9.88 Å². The Bertz CT molecular complexity index is 479. The molecule has 0 aliphatic rings. The van der Waals surface area contributed by atoms with E-state index in [4.69, 9.17) is 0 Å². The average Bonchev–Trinajstić information content (AvgIpc) is 2.97. The molecule has 2 rings (SSSR count). The van der Waals surface area contributed by atoms with Crippen molar-refractivity contribution in [3.63, 3.8) is 0 Å². The summed E-state index contributed by atoms with van der Waals surface area (Å²) >= 11 is 3.03. The maximum atomic E-state index is 4.22. The first-order valence-corrected chi connectivity index (χ1v) is 7.72. The summed E-state index contributed by atoms with van der Waals surface area (Å²) in [6, 6.07) is 0. The zero-order valence-corrected chi connectivity index (χ0v) is 12.3. The lowest BCUT2D eigenvalue weighted by atomic mass is 10.3. The maximum absolute atomic E-state index is 4.22. The lowest BCUT2D eigenvalue weighted by Gasteiger charge is -1.99. The third kappa shape index (κ3) is 3.54. The molecular weight excluding hydrogens is 266 g/mol. The van der Waals surface area contributed by atoms with Crippen LogP contribution in [0.2, 0.25) is 0 Å². The molecule has 0 bridgehead atoms. The number of hydrogen-bond donors (Lipinski definition) is 1. The van der Waals surface area contributed by atoms with Gasteiger partial charge in [-0.15, -0.1) is 15.3 Å². The van der Waals surface area contributed by atoms with E-state index in [-0.39, 0.29) is 0 Å². The second kappa shape index (κ2) is 6.86. The van der Waals surface area contributed by atoms with Gasteiger partial charge in [0.15, 0.2) is 5.01 Å². The third-order valence-electron chi connectivity index (χ3n) is 2.48. The number of aryl methyl sites for hydroxylation is 2. The Morgan fingerprint density at radius 1 is 1.17 bits per heavy atom. The highest BCUT2D eigenvalue weighted by atomic mass is 32.1. The zero-order chi connectivity index (χ0) is 12.8. The van der Waals surface area contributed by atoms with Crippen LogP contribution in [0.3, 0.4) is 0 Å². The van der Waals surface area contributed by atoms with Crippen molar-refractivity contribution < 1.29 is 0 Å². The van der Waals surface area contributed by atoms with Gasteiger partial charge in [-0.25, -0.2) is 0 Å². The number of hydrogen-bond acceptors (Lipinski definition) is 7. The van der Waals surface area contributed by atoms with Gasteiger partial charge in [0, 0.05) is 6.42 Å². The van der Waals surface area contributed by atoms with Crippen LogP contribution in [0.1, 0.15) is 30.5 Å². The maximum Gasteiger partial charge on any atom is 0.161 e. The molecule has 18 heavy (non-hydrogen) atoms. The largest absolute Gasteiger partial charge is 0.317 e. The van der Waals surface area contributed by atoms with E-state index in [1.54, 1.807) is 11.3 Å². The summed E-state index contributed by atoms with van der Waals surface area (Å²) in [4.78, 5) is 1.04. The minimum atomic E-state index is 0.937. The summed E-state index contributed by atoms with van der Waals surface area (Å²) in [6.45, 7) is 6.26. The van der Waals surface area contributed by atoms with Crippen molar-refractivity contribution >= 4 is 22.9 Å². The van der Waals surface area contributed by atoms with Crippen LogP contribution in [-0.4, -0.2) is 32.9 Å². The standard InChI is InChI=1S/C11H17N5S2/c1-3-6-12-7-4-5-9-14-15-11(17-9)10-8(2)13-16-18-10/h12H,3-7H2,1-2H3. The smallest absolute Gasteiger partial charge is 0.161 e. The van der Waals surface area contributed by atoms with Crippen LogP contribution in [0.4, 0.5) is 0 Å². The van der Waals surface area contributed by atoms with Gasteiger partial charge >= 0.3 is 0 Å². The van der Waals surface area contributed by atoms with Crippen LogP contribution in [0.25, 0.3) is 9.88 Å². The molecule has 0 saturated heterocycles. The Balaban J connectivity index is 1.85. The van der Waals surface area contributed by atoms with Crippen LogP contribution in [-0.2, 0) is 6.42 Å². The van der Waals surface area contributed by atoms with Crippen molar-refractivity contribution in [3.05, 3.63) is 10.7 Å². The lowest BCUT2D eigenvalue weighted by Crippen LogP contribution is -2.16. The molecule has 0 saturated carbocycles. The molecule has 0 aliphatic heterocycles. The van der Waals surface area contributed by atoms with Crippen molar-refractivity contribution in [1.29, 1.82) is 0 Å². The highest BCUT2D eigenvalue weighted by Crippen LogP contribution is 2.28. The predicted octanol–water partition coefficient (Wildman–Crippen LogP) is 2.30. The summed E-state index contributed by atoms with van der Waals surface area (Å²) in [5, 5.41) is 17.9. The molecule has 0 atom stereocenters. The average molecular weight is 283 g/mol. The Kier molecular flexibility index (Phi) is 5.15. The van der Waals surface area contributed by atoms with E-state index in [0.717, 1.165) is 46.5 Å². The van der Waals surface area contributed by atoms with Gasteiger partial charge < -0.3 is 5.32 Å². The molecule has 98 valence electrons. The lowest BCUT2D eigenvalue weighted by molar-refractivity contribution is 0.637. The zero-order valence-electron chi connectivity index (χ0n) is 10.6. The first kappa shape index (κ1) is 13.5. The van der Waals surface area contributed by atoms with Crippen LogP contribution in [0.5, 0.6) is 0 Å². The Labute approximate surface area is 115 Å². The summed E-state index contributed by atoms with van der Waals surface area (Å²) in [7, 11) is 0. The van der Waals surface area contributed by atoms with Crippen LogP contribution >= 0.6 is 22.9 Å². The fourth-order valence-electron chi connectivity index (χ4n) is 1.54. The molecule has 0 spiro atoms. The van der Waals surface area contributed by atoms with E-state index in [0.29, 0.717) is 0 Å². The van der Waals surface area contributed by atoms with Gasteiger partial charge in [-0.05, 0) is 44.4 Å². The third-order valence-corrected chi connectivity index (χ3v) is 4.45. The highest BCUT2D eigenvalue weighted by Gasteiger charge is 2.12. The molecule has 7 heteroatoms. The predicted molar refractivity (Wildman–Crippen MR) is 75.0 cm³/mol. The Hall–Kier alpha value is -0.920. The van der Waals surface area contributed by atoms with Gasteiger partial charge in [0.05, 0.1) is 5.69 Å². The number of rotatable bonds is 7. The van der Waals surface area contributed by atoms with E-state index in [1.165, 1.54) is 18.0 Å². The van der Waals surface area contributed by atoms with Crippen LogP contribution < -0.4 is 5.32 Å². The monoisotopic (exact) mass is 283 g/mol. The fourth-order valence-corrected chi connectivity index (χ4v) is 3.19. The molecule has 5 nitrogen and oxygen atoms in total. The first-order chi connectivity index (χ1) is 8.81. The van der Waals surface area contributed by atoms with Gasteiger partial charge in [-0.2, -0.15) is 0 Å². The van der Waals surface area contributed by atoms with Gasteiger partial charge in [0.25, 0.3) is 0 Å². The molecule has 0 unspecified atom stereocenters. The number of nitrogens with one attached hydrogen (secondary N) is 1. The highest BCUT2D eigenvalue weighted by molar-refractivity contribution is 7.19. The van der Waals surface area contributed by atoms with Gasteiger partial charge in [-0.3, -0.25) is 0 Å². The molecule has 1 N–H and O–H groups in total. The molecule has 0 aromatic carbocycles. The van der Waals surface area contributed by atoms with E-state index in [2.05, 4.69) is 32.0 Å². The van der Waals surface area contributed by atoms with Crippen molar-refractivity contribution in [2.75, 3.05) is 13.1 Å². The molecule has 0 aliphatic carbocycles. The van der Waals surface area contributed by atoms with Crippen molar-refractivity contribution in [2.45, 2.75) is 33.1 Å². The molecule has 2 aromatic heterocycles. The summed E-state index contributed by atoms with van der Waals surface area (Å²) in [6.07, 6.45) is 3.27. The van der Waals surface area contributed by atoms with Crippen molar-refractivity contribution in [1.82, 2.24) is 25.1 Å². The summed E-state index contributed by atoms with van der Waals surface area (Å²) < 4.78 is 3.92. The molecular formula is C11H17N5S2. The molecule has 2 aromatic rings. The summed E-state index contributed by atoms with van der Waals surface area (Å²) in [5.74, 6) is 0. The van der Waals surface area contributed by atoms with E-state index < -0.39 is 0 Å². The van der Waals surface area contributed by atoms with Crippen LogP contribution in [0, 0.1) is 6.92 Å². The fraction of sp³-hybridized carbons (Fsp3) is 0.636. The topological polar surface area (TPSA) is 63.6 Å². The van der Waals surface area contributed by atoms with E-state index in [1.807, 2.05) is 6.92 Å². The number of nitrogens with zero attached hydrogens (tertiary/aromatic N) is 4. The minimum Gasteiger partial charge on any atom is -0.317 e. The Morgan fingerprint density at radius 2 is 2.06 bits per heavy atom. The quantitative estimate of drug-likeness (QED) is 0.790. The molecule has 0 fully saturated rings. The van der Waals surface area contributed by atoms with Crippen LogP contribution in [0.15, 0.2) is 0 Å². The molecule has 0 radical (unpaired) electrons. The van der Waals surface area contributed by atoms with E-state index >= 15 is 0 Å². The van der Waals surface area contributed by atoms with Crippen molar-refractivity contribution in [2.24, 2.45) is 0 Å². The molecule has 0 amide bonds. The second-order valence-electron chi connectivity index (χ2n) is 4.04. The van der Waals surface area contributed by atoms with Gasteiger partial charge in [-0.1, -0.05) is 22.7 Å².